The molecular weight excluding hydrogens is 214 g/mol. The lowest BCUT2D eigenvalue weighted by Gasteiger charge is -2.25. The van der Waals surface area contributed by atoms with E-state index in [0.717, 1.165) is 18.0 Å². The van der Waals surface area contributed by atoms with Crippen molar-refractivity contribution in [3.05, 3.63) is 23.8 Å². The minimum atomic E-state index is -0.537. The fourth-order valence-electron chi connectivity index (χ4n) is 2.71. The molecule has 0 bridgehead atoms. The Hall–Kier alpha value is -1.22. The second kappa shape index (κ2) is 3.39. The van der Waals surface area contributed by atoms with Gasteiger partial charge in [-0.3, -0.25) is 0 Å². The van der Waals surface area contributed by atoms with Gasteiger partial charge in [-0.1, -0.05) is 6.07 Å². The van der Waals surface area contributed by atoms with E-state index in [4.69, 9.17) is 9.47 Å². The molecule has 1 fully saturated rings. The van der Waals surface area contributed by atoms with E-state index >= 15 is 0 Å². The summed E-state index contributed by atoms with van der Waals surface area (Å²) in [6.45, 7) is 7.21. The molecule has 1 unspecified atom stereocenters. The van der Waals surface area contributed by atoms with Crippen molar-refractivity contribution in [3.8, 4) is 11.5 Å². The summed E-state index contributed by atoms with van der Waals surface area (Å²) in [6, 6.07) is 6.27. The zero-order valence-corrected chi connectivity index (χ0v) is 10.7. The predicted octanol–water partition coefficient (Wildman–Crippen LogP) is 2.79. The summed E-state index contributed by atoms with van der Waals surface area (Å²) < 4.78 is 11.5. The molecule has 1 aromatic rings. The highest BCUT2D eigenvalue weighted by atomic mass is 16.7. The molecule has 0 spiro atoms. The minimum absolute atomic E-state index is 0.0884. The van der Waals surface area contributed by atoms with E-state index in [-0.39, 0.29) is 5.54 Å². The largest absolute Gasteiger partial charge is 0.449 e. The van der Waals surface area contributed by atoms with Crippen molar-refractivity contribution in [3.63, 3.8) is 0 Å². The molecule has 2 aliphatic rings. The van der Waals surface area contributed by atoms with E-state index in [0.29, 0.717) is 0 Å². The van der Waals surface area contributed by atoms with Gasteiger partial charge in [0.05, 0.1) is 0 Å². The first-order chi connectivity index (χ1) is 7.99. The highest BCUT2D eigenvalue weighted by molar-refractivity contribution is 5.47. The van der Waals surface area contributed by atoms with E-state index in [1.165, 1.54) is 18.4 Å². The summed E-state index contributed by atoms with van der Waals surface area (Å²) in [7, 11) is 0. The van der Waals surface area contributed by atoms with E-state index in [1.807, 2.05) is 19.9 Å². The van der Waals surface area contributed by atoms with Gasteiger partial charge in [-0.05, 0) is 44.0 Å². The monoisotopic (exact) mass is 233 g/mol. The molecule has 3 nitrogen and oxygen atoms in total. The van der Waals surface area contributed by atoms with E-state index in [1.54, 1.807) is 0 Å². The minimum Gasteiger partial charge on any atom is -0.449 e. The summed E-state index contributed by atoms with van der Waals surface area (Å²) in [4.78, 5) is 0. The van der Waals surface area contributed by atoms with Crippen LogP contribution in [0.3, 0.4) is 0 Å². The zero-order valence-electron chi connectivity index (χ0n) is 10.7. The molecule has 92 valence electrons. The maximum absolute atomic E-state index is 5.79. The number of benzene rings is 1. The topological polar surface area (TPSA) is 30.5 Å². The SMILES string of the molecule is CC1(C)Oc2ccc(C3(C)CCCN3)cc2O1. The van der Waals surface area contributed by atoms with E-state index < -0.39 is 5.79 Å². The molecule has 0 amide bonds. The molecule has 3 rings (SSSR count). The van der Waals surface area contributed by atoms with Crippen LogP contribution in [0.1, 0.15) is 39.2 Å². The second-order valence-electron chi connectivity index (χ2n) is 5.63. The van der Waals surface area contributed by atoms with Gasteiger partial charge in [0.15, 0.2) is 11.5 Å². The Morgan fingerprint density at radius 2 is 1.88 bits per heavy atom. The van der Waals surface area contributed by atoms with Crippen LogP contribution < -0.4 is 14.8 Å². The molecule has 3 heteroatoms. The number of hydrogen-bond acceptors (Lipinski definition) is 3. The van der Waals surface area contributed by atoms with Crippen LogP contribution in [0.25, 0.3) is 0 Å². The van der Waals surface area contributed by atoms with Gasteiger partial charge < -0.3 is 14.8 Å². The van der Waals surface area contributed by atoms with Crippen molar-refractivity contribution in [1.82, 2.24) is 5.32 Å². The first-order valence-electron chi connectivity index (χ1n) is 6.26. The third-order valence-electron chi connectivity index (χ3n) is 3.66. The highest BCUT2D eigenvalue weighted by Crippen LogP contribution is 2.42. The van der Waals surface area contributed by atoms with Crippen LogP contribution in [0.5, 0.6) is 11.5 Å². The van der Waals surface area contributed by atoms with Crippen LogP contribution in [0.15, 0.2) is 18.2 Å². The van der Waals surface area contributed by atoms with Gasteiger partial charge in [-0.25, -0.2) is 0 Å². The summed E-state index contributed by atoms with van der Waals surface area (Å²) in [6.07, 6.45) is 2.41. The lowest BCUT2D eigenvalue weighted by molar-refractivity contribution is -0.0431. The van der Waals surface area contributed by atoms with E-state index in [2.05, 4.69) is 24.4 Å². The normalized spacial score (nSPS) is 29.6. The van der Waals surface area contributed by atoms with Crippen molar-refractivity contribution in [1.29, 1.82) is 0 Å². The Bertz CT molecular complexity index is 448. The van der Waals surface area contributed by atoms with Gasteiger partial charge in [-0.15, -0.1) is 0 Å². The zero-order chi connectivity index (χ0) is 12.1. The maximum atomic E-state index is 5.79. The number of rotatable bonds is 1. The van der Waals surface area contributed by atoms with Gasteiger partial charge >= 0.3 is 0 Å². The fourth-order valence-corrected chi connectivity index (χ4v) is 2.71. The van der Waals surface area contributed by atoms with Crippen LogP contribution >= 0.6 is 0 Å². The van der Waals surface area contributed by atoms with Crippen molar-refractivity contribution in [2.75, 3.05) is 6.54 Å². The van der Waals surface area contributed by atoms with Crippen LogP contribution in [-0.4, -0.2) is 12.3 Å². The molecule has 0 radical (unpaired) electrons. The summed E-state index contributed by atoms with van der Waals surface area (Å²) in [5, 5.41) is 3.56. The van der Waals surface area contributed by atoms with Gasteiger partial charge in [0.25, 0.3) is 0 Å². The van der Waals surface area contributed by atoms with Crippen molar-refractivity contribution in [2.45, 2.75) is 44.9 Å². The van der Waals surface area contributed by atoms with Crippen LogP contribution in [0, 0.1) is 0 Å². The Balaban J connectivity index is 1.95. The average molecular weight is 233 g/mol. The predicted molar refractivity (Wildman–Crippen MR) is 66.4 cm³/mol. The second-order valence-corrected chi connectivity index (χ2v) is 5.63. The van der Waals surface area contributed by atoms with Crippen molar-refractivity contribution < 1.29 is 9.47 Å². The third kappa shape index (κ3) is 1.78. The number of ether oxygens (including phenoxy) is 2. The molecule has 2 heterocycles. The molecule has 17 heavy (non-hydrogen) atoms. The smallest absolute Gasteiger partial charge is 0.246 e. The van der Waals surface area contributed by atoms with E-state index in [9.17, 15) is 0 Å². The van der Waals surface area contributed by atoms with Gasteiger partial charge in [0.2, 0.25) is 5.79 Å². The Morgan fingerprint density at radius 1 is 1.12 bits per heavy atom. The maximum Gasteiger partial charge on any atom is 0.246 e. The lowest BCUT2D eigenvalue weighted by atomic mass is 9.90. The molecule has 0 aliphatic carbocycles. The Morgan fingerprint density at radius 3 is 2.59 bits per heavy atom. The Kier molecular flexibility index (Phi) is 2.17. The average Bonchev–Trinajstić information content (AvgIpc) is 2.79. The quantitative estimate of drug-likeness (QED) is 0.809. The number of fused-ring (bicyclic) bond motifs is 1. The van der Waals surface area contributed by atoms with Gasteiger partial charge in [-0.2, -0.15) is 0 Å². The summed E-state index contributed by atoms with van der Waals surface area (Å²) in [5.74, 6) is 1.17. The fraction of sp³-hybridized carbons (Fsp3) is 0.571. The van der Waals surface area contributed by atoms with Crippen LogP contribution in [-0.2, 0) is 5.54 Å². The molecule has 1 atom stereocenters. The van der Waals surface area contributed by atoms with Crippen LogP contribution in [0.2, 0.25) is 0 Å². The van der Waals surface area contributed by atoms with Crippen molar-refractivity contribution in [2.24, 2.45) is 0 Å². The molecule has 1 N–H and O–H groups in total. The number of hydrogen-bond donors (Lipinski definition) is 1. The first-order valence-corrected chi connectivity index (χ1v) is 6.26. The van der Waals surface area contributed by atoms with Crippen LogP contribution in [0.4, 0.5) is 0 Å². The standard InChI is InChI=1S/C14H19NO2/c1-13(2)16-11-6-5-10(9-12(11)17-13)14(3)7-4-8-15-14/h5-6,9,15H,4,7-8H2,1-3H3. The summed E-state index contributed by atoms with van der Waals surface area (Å²) >= 11 is 0. The Labute approximate surface area is 102 Å². The molecule has 1 saturated heterocycles. The molecule has 0 saturated carbocycles. The van der Waals surface area contributed by atoms with Crippen molar-refractivity contribution >= 4 is 0 Å². The highest BCUT2D eigenvalue weighted by Gasteiger charge is 2.35. The molecule has 1 aromatic carbocycles. The number of nitrogens with one attached hydrogen (secondary N) is 1. The lowest BCUT2D eigenvalue weighted by Crippen LogP contribution is -2.33. The molecule has 2 aliphatic heterocycles. The van der Waals surface area contributed by atoms with Gasteiger partial charge in [0.1, 0.15) is 0 Å². The first kappa shape index (κ1) is 10.9. The van der Waals surface area contributed by atoms with Gasteiger partial charge in [0, 0.05) is 19.4 Å². The molecular formula is C14H19NO2. The third-order valence-corrected chi connectivity index (χ3v) is 3.66. The molecule has 0 aromatic heterocycles. The summed E-state index contributed by atoms with van der Waals surface area (Å²) in [5.41, 5.74) is 1.38.